The van der Waals surface area contributed by atoms with Crippen molar-refractivity contribution in [3.05, 3.63) is 36.0 Å². The van der Waals surface area contributed by atoms with Gasteiger partial charge in [0.25, 0.3) is 0 Å². The maximum absolute atomic E-state index is 12.1. The Morgan fingerprint density at radius 1 is 1.40 bits per heavy atom. The molecule has 2 rings (SSSR count). The summed E-state index contributed by atoms with van der Waals surface area (Å²) in [6.45, 7) is 14.2. The predicted molar refractivity (Wildman–Crippen MR) is 92.7 cm³/mol. The molecule has 0 aromatic carbocycles. The van der Waals surface area contributed by atoms with Crippen molar-refractivity contribution in [3.63, 3.8) is 0 Å². The molecular formula is C19H28O6. The topological polar surface area (TPSA) is 85.2 Å². The van der Waals surface area contributed by atoms with Gasteiger partial charge in [0, 0.05) is 18.6 Å². The van der Waals surface area contributed by atoms with Gasteiger partial charge in [0.2, 0.25) is 0 Å². The number of hydrogen-bond acceptors (Lipinski definition) is 6. The van der Waals surface area contributed by atoms with Gasteiger partial charge in [-0.25, -0.2) is 9.68 Å². The van der Waals surface area contributed by atoms with Crippen LogP contribution in [0.15, 0.2) is 36.0 Å². The SMILES string of the molecule is C=C1CC(OCC(C)C)C2C(=C)C(=O)OC2C=C(C)C(O)CC1OO. The number of esters is 1. The first-order valence-electron chi connectivity index (χ1n) is 8.60. The number of fused-ring (bicyclic) bond motifs is 1. The summed E-state index contributed by atoms with van der Waals surface area (Å²) in [7, 11) is 0. The zero-order chi connectivity index (χ0) is 18.7. The Balaban J connectivity index is 2.39. The van der Waals surface area contributed by atoms with Crippen LogP contribution in [0.4, 0.5) is 0 Å². The van der Waals surface area contributed by atoms with Gasteiger partial charge in [-0.1, -0.05) is 27.0 Å². The molecule has 0 aromatic rings. The fraction of sp³-hybridized carbons (Fsp3) is 0.632. The summed E-state index contributed by atoms with van der Waals surface area (Å²) in [6.07, 6.45) is -0.196. The van der Waals surface area contributed by atoms with Crippen LogP contribution in [-0.4, -0.2) is 47.4 Å². The lowest BCUT2D eigenvalue weighted by Gasteiger charge is -2.31. The summed E-state index contributed by atoms with van der Waals surface area (Å²) >= 11 is 0. The van der Waals surface area contributed by atoms with E-state index in [1.807, 2.05) is 13.8 Å². The van der Waals surface area contributed by atoms with E-state index in [4.69, 9.17) is 9.47 Å². The minimum absolute atomic E-state index is 0.168. The van der Waals surface area contributed by atoms with E-state index in [0.717, 1.165) is 0 Å². The Labute approximate surface area is 148 Å². The van der Waals surface area contributed by atoms with Gasteiger partial charge < -0.3 is 14.6 Å². The molecule has 6 nitrogen and oxygen atoms in total. The maximum atomic E-state index is 12.1. The van der Waals surface area contributed by atoms with Crippen LogP contribution in [0.3, 0.4) is 0 Å². The smallest absolute Gasteiger partial charge is 0.334 e. The Bertz CT molecular complexity index is 564. The molecular weight excluding hydrogens is 324 g/mol. The summed E-state index contributed by atoms with van der Waals surface area (Å²) in [5, 5.41) is 19.5. The maximum Gasteiger partial charge on any atom is 0.334 e. The zero-order valence-corrected chi connectivity index (χ0v) is 15.1. The van der Waals surface area contributed by atoms with Gasteiger partial charge in [-0.15, -0.1) is 0 Å². The van der Waals surface area contributed by atoms with Crippen LogP contribution in [0, 0.1) is 11.8 Å². The second kappa shape index (κ2) is 8.27. The van der Waals surface area contributed by atoms with Gasteiger partial charge in [0.1, 0.15) is 12.2 Å². The molecule has 1 fully saturated rings. The van der Waals surface area contributed by atoms with Crippen LogP contribution in [-0.2, 0) is 19.2 Å². The highest BCUT2D eigenvalue weighted by molar-refractivity contribution is 5.91. The minimum atomic E-state index is -0.838. The molecule has 1 heterocycles. The average Bonchev–Trinajstić information content (AvgIpc) is 2.82. The second-order valence-electron chi connectivity index (χ2n) is 7.31. The molecule has 0 spiro atoms. The molecule has 0 bridgehead atoms. The van der Waals surface area contributed by atoms with E-state index in [-0.39, 0.29) is 18.4 Å². The van der Waals surface area contributed by atoms with Gasteiger partial charge in [-0.3, -0.25) is 5.26 Å². The van der Waals surface area contributed by atoms with Crippen molar-refractivity contribution in [2.24, 2.45) is 11.8 Å². The third kappa shape index (κ3) is 4.58. The van der Waals surface area contributed by atoms with E-state index >= 15 is 0 Å². The molecule has 0 saturated carbocycles. The van der Waals surface area contributed by atoms with Crippen molar-refractivity contribution in [1.29, 1.82) is 0 Å². The van der Waals surface area contributed by atoms with Crippen LogP contribution < -0.4 is 0 Å². The van der Waals surface area contributed by atoms with Gasteiger partial charge in [-0.2, -0.15) is 0 Å². The van der Waals surface area contributed by atoms with Crippen LogP contribution in [0.5, 0.6) is 0 Å². The highest BCUT2D eigenvalue weighted by Gasteiger charge is 2.44. The lowest BCUT2D eigenvalue weighted by Crippen LogP contribution is -2.36. The molecule has 0 radical (unpaired) electrons. The van der Waals surface area contributed by atoms with Crippen molar-refractivity contribution < 1.29 is 29.5 Å². The molecule has 2 aliphatic rings. The van der Waals surface area contributed by atoms with Crippen LogP contribution in [0.25, 0.3) is 0 Å². The fourth-order valence-electron chi connectivity index (χ4n) is 3.22. The summed E-state index contributed by atoms with van der Waals surface area (Å²) in [5.41, 5.74) is 1.58. The number of carbonyl (C=O) groups excluding carboxylic acids is 1. The van der Waals surface area contributed by atoms with E-state index < -0.39 is 24.3 Å². The summed E-state index contributed by atoms with van der Waals surface area (Å²) in [4.78, 5) is 16.6. The van der Waals surface area contributed by atoms with Gasteiger partial charge in [0.05, 0.1) is 18.1 Å². The molecule has 1 aliphatic carbocycles. The molecule has 0 aromatic heterocycles. The van der Waals surface area contributed by atoms with Gasteiger partial charge >= 0.3 is 5.97 Å². The highest BCUT2D eigenvalue weighted by Crippen LogP contribution is 2.37. The number of aliphatic hydroxyl groups is 1. The number of carbonyl (C=O) groups is 1. The largest absolute Gasteiger partial charge is 0.454 e. The fourth-order valence-corrected chi connectivity index (χ4v) is 3.22. The molecule has 25 heavy (non-hydrogen) atoms. The monoisotopic (exact) mass is 352 g/mol. The van der Waals surface area contributed by atoms with Gasteiger partial charge in [-0.05, 0) is 36.5 Å². The first-order valence-corrected chi connectivity index (χ1v) is 8.60. The van der Waals surface area contributed by atoms with Crippen LogP contribution in [0.1, 0.15) is 33.6 Å². The molecule has 2 N–H and O–H groups in total. The van der Waals surface area contributed by atoms with E-state index in [1.165, 1.54) is 0 Å². The van der Waals surface area contributed by atoms with E-state index in [1.54, 1.807) is 13.0 Å². The third-order valence-corrected chi connectivity index (χ3v) is 4.74. The minimum Gasteiger partial charge on any atom is -0.454 e. The Morgan fingerprint density at radius 2 is 2.08 bits per heavy atom. The summed E-state index contributed by atoms with van der Waals surface area (Å²) < 4.78 is 11.5. The molecule has 5 atom stereocenters. The lowest BCUT2D eigenvalue weighted by molar-refractivity contribution is -0.273. The van der Waals surface area contributed by atoms with Crippen molar-refractivity contribution >= 4 is 5.97 Å². The Morgan fingerprint density at radius 3 is 2.68 bits per heavy atom. The first-order chi connectivity index (χ1) is 11.7. The molecule has 5 unspecified atom stereocenters. The number of hydrogen-bond donors (Lipinski definition) is 2. The molecule has 140 valence electrons. The van der Waals surface area contributed by atoms with Gasteiger partial charge in [0.15, 0.2) is 0 Å². The van der Waals surface area contributed by atoms with E-state index in [0.29, 0.717) is 35.7 Å². The summed E-state index contributed by atoms with van der Waals surface area (Å²) in [6, 6.07) is 0. The summed E-state index contributed by atoms with van der Waals surface area (Å²) in [5.74, 6) is -0.508. The predicted octanol–water partition coefficient (Wildman–Crippen LogP) is 2.64. The third-order valence-electron chi connectivity index (χ3n) is 4.74. The van der Waals surface area contributed by atoms with Crippen molar-refractivity contribution in [3.8, 4) is 0 Å². The Hall–Kier alpha value is -1.47. The van der Waals surface area contributed by atoms with E-state index in [2.05, 4.69) is 18.0 Å². The number of rotatable bonds is 4. The first kappa shape index (κ1) is 19.8. The molecule has 6 heteroatoms. The quantitative estimate of drug-likeness (QED) is 0.266. The van der Waals surface area contributed by atoms with Crippen molar-refractivity contribution in [2.45, 2.75) is 58.0 Å². The standard InChI is InChI=1S/C19H28O6/c1-10(2)9-23-16-7-12(4)15(25-22)8-14(20)11(3)6-17-18(16)13(5)19(21)24-17/h6,10,14-18,20,22H,4-5,7-9H2,1-3H3. The molecule has 1 aliphatic heterocycles. The lowest BCUT2D eigenvalue weighted by atomic mass is 9.83. The molecule has 0 amide bonds. The average molecular weight is 352 g/mol. The zero-order valence-electron chi connectivity index (χ0n) is 15.1. The number of ether oxygens (including phenoxy) is 2. The van der Waals surface area contributed by atoms with Crippen molar-refractivity contribution in [1.82, 2.24) is 0 Å². The van der Waals surface area contributed by atoms with Crippen LogP contribution >= 0.6 is 0 Å². The highest BCUT2D eigenvalue weighted by atomic mass is 17.1. The normalized spacial score (nSPS) is 33.9. The van der Waals surface area contributed by atoms with Crippen molar-refractivity contribution in [2.75, 3.05) is 6.61 Å². The van der Waals surface area contributed by atoms with Crippen LogP contribution in [0.2, 0.25) is 0 Å². The Kier molecular flexibility index (Phi) is 6.57. The molecule has 1 saturated heterocycles. The van der Waals surface area contributed by atoms with E-state index in [9.17, 15) is 15.2 Å². The second-order valence-corrected chi connectivity index (χ2v) is 7.31. The number of aliphatic hydroxyl groups excluding tert-OH is 1.